The van der Waals surface area contributed by atoms with Crippen LogP contribution in [0, 0.1) is 11.8 Å². The average molecular weight is 874 g/mol. The van der Waals surface area contributed by atoms with Gasteiger partial charge in [-0.25, -0.2) is 19.6 Å². The summed E-state index contributed by atoms with van der Waals surface area (Å²) in [6.45, 7) is 8.81. The Morgan fingerprint density at radius 3 is 1.78 bits per heavy atom. The smallest absolute Gasteiger partial charge is 0.407 e. The highest BCUT2D eigenvalue weighted by Crippen LogP contribution is 2.51. The van der Waals surface area contributed by atoms with Crippen LogP contribution in [0.2, 0.25) is 0 Å². The molecule has 4 N–H and O–H groups in total. The van der Waals surface area contributed by atoms with Crippen LogP contribution in [0.15, 0.2) is 54.9 Å². The number of hydrogen-bond acceptors (Lipinski definition) is 9. The van der Waals surface area contributed by atoms with Crippen LogP contribution in [0.5, 0.6) is 5.75 Å². The number of methoxy groups -OCH3 is 2. The van der Waals surface area contributed by atoms with E-state index in [1.807, 2.05) is 49.9 Å². The Morgan fingerprint density at radius 2 is 1.25 bits per heavy atom. The van der Waals surface area contributed by atoms with Gasteiger partial charge in [0.25, 0.3) is 0 Å². The van der Waals surface area contributed by atoms with E-state index in [-0.39, 0.29) is 35.7 Å². The molecule has 6 heterocycles. The van der Waals surface area contributed by atoms with E-state index in [9.17, 15) is 19.2 Å². The van der Waals surface area contributed by atoms with Crippen LogP contribution in [0.25, 0.3) is 44.7 Å². The van der Waals surface area contributed by atoms with Gasteiger partial charge in [0.2, 0.25) is 11.8 Å². The Bertz CT molecular complexity index is 2570. The first-order valence-electron chi connectivity index (χ1n) is 22.8. The number of H-pyrrole nitrogens is 2. The fourth-order valence-electron chi connectivity index (χ4n) is 10.4. The number of alkyl carbamates (subject to hydrolysis) is 2. The molecule has 2 aromatic carbocycles. The molecular weight excluding hydrogens is 815 g/mol. The number of ether oxygens (including phenoxy) is 3. The van der Waals surface area contributed by atoms with Crippen LogP contribution < -0.4 is 15.4 Å². The Morgan fingerprint density at radius 1 is 0.719 bits per heavy atom. The number of carbonyl (C=O) groups excluding carboxylic acids is 4. The van der Waals surface area contributed by atoms with Gasteiger partial charge in [-0.05, 0) is 80.7 Å². The van der Waals surface area contributed by atoms with Crippen molar-refractivity contribution in [1.82, 2.24) is 44.9 Å². The number of fused-ring (bicyclic) bond motifs is 6. The molecule has 3 aromatic heterocycles. The number of carbonyl (C=O) groups is 4. The van der Waals surface area contributed by atoms with E-state index in [0.29, 0.717) is 18.9 Å². The Labute approximate surface area is 372 Å². The van der Waals surface area contributed by atoms with E-state index in [1.54, 1.807) is 0 Å². The molecule has 3 aliphatic heterocycles. The summed E-state index contributed by atoms with van der Waals surface area (Å²) in [5.41, 5.74) is 6.33. The van der Waals surface area contributed by atoms with E-state index < -0.39 is 30.0 Å². The van der Waals surface area contributed by atoms with Crippen LogP contribution in [0.1, 0.15) is 109 Å². The highest BCUT2D eigenvalue weighted by atomic mass is 16.5. The van der Waals surface area contributed by atoms with Crippen LogP contribution in [-0.4, -0.2) is 97.7 Å². The van der Waals surface area contributed by atoms with Crippen molar-refractivity contribution in [1.29, 1.82) is 0 Å². The second-order valence-corrected chi connectivity index (χ2v) is 18.4. The quantitative estimate of drug-likeness (QED) is 0.107. The number of rotatable bonds is 10. The molecule has 4 unspecified atom stereocenters. The predicted molar refractivity (Wildman–Crippen MR) is 240 cm³/mol. The molecule has 4 aliphatic rings. The Balaban J connectivity index is 0.991. The van der Waals surface area contributed by atoms with Crippen molar-refractivity contribution < 1.29 is 33.4 Å². The van der Waals surface area contributed by atoms with Gasteiger partial charge in [0.1, 0.15) is 29.5 Å². The molecule has 4 amide bonds. The molecule has 0 radical (unpaired) electrons. The van der Waals surface area contributed by atoms with Crippen LogP contribution in [0.4, 0.5) is 9.59 Å². The summed E-state index contributed by atoms with van der Waals surface area (Å²) in [7, 11) is 2.59. The molecular formula is C48H59N9O7. The normalized spacial score (nSPS) is 19.9. The van der Waals surface area contributed by atoms with Crippen LogP contribution >= 0.6 is 0 Å². The van der Waals surface area contributed by atoms with Gasteiger partial charge in [-0.2, -0.15) is 0 Å². The fourth-order valence-corrected chi connectivity index (χ4v) is 10.4. The fraction of sp³-hybridized carbons (Fsp3) is 0.500. The zero-order chi connectivity index (χ0) is 44.9. The van der Waals surface area contributed by atoms with Gasteiger partial charge >= 0.3 is 12.2 Å². The lowest BCUT2D eigenvalue weighted by atomic mass is 9.89. The second-order valence-electron chi connectivity index (χ2n) is 18.4. The van der Waals surface area contributed by atoms with Crippen molar-refractivity contribution in [3.63, 3.8) is 0 Å². The number of likely N-dealkylation sites (tertiary alicyclic amines) is 2. The first-order valence-corrected chi connectivity index (χ1v) is 22.8. The van der Waals surface area contributed by atoms with Crippen molar-refractivity contribution in [2.45, 2.75) is 115 Å². The second kappa shape index (κ2) is 17.3. The molecule has 5 aromatic rings. The molecule has 1 saturated carbocycles. The lowest BCUT2D eigenvalue weighted by Crippen LogP contribution is -2.51. The Kier molecular flexibility index (Phi) is 11.6. The van der Waals surface area contributed by atoms with Crippen LogP contribution in [-0.2, 0) is 24.8 Å². The highest BCUT2D eigenvalue weighted by Gasteiger charge is 2.43. The van der Waals surface area contributed by atoms with E-state index in [2.05, 4.69) is 67.6 Å². The minimum atomic E-state index is -0.706. The molecule has 16 heteroatoms. The monoisotopic (exact) mass is 873 g/mol. The van der Waals surface area contributed by atoms with E-state index >= 15 is 0 Å². The van der Waals surface area contributed by atoms with Gasteiger partial charge in [-0.1, -0.05) is 46.2 Å². The molecule has 4 atom stereocenters. The minimum absolute atomic E-state index is 0.117. The van der Waals surface area contributed by atoms with E-state index in [1.165, 1.54) is 14.2 Å². The topological polar surface area (TPSA) is 189 Å². The largest absolute Gasteiger partial charge is 0.467 e. The van der Waals surface area contributed by atoms with Gasteiger partial charge in [-0.15, -0.1) is 0 Å². The SMILES string of the molecule is COC(=O)NC(C(=O)N1CCCC1c1ncc(-c2ccc3c(c2)OC2(CCCCC2)n2c-3cc3cc(-c4cnc(C5CCCN5C(=O)C(NC(=O)OC)C(C)C)[nH]4)ccc32)[nH]1)C(C)C. The number of imidazole rings is 2. The summed E-state index contributed by atoms with van der Waals surface area (Å²) < 4.78 is 19.2. The van der Waals surface area contributed by atoms with Crippen molar-refractivity contribution in [2.75, 3.05) is 27.3 Å². The minimum Gasteiger partial charge on any atom is -0.467 e. The molecule has 3 fully saturated rings. The van der Waals surface area contributed by atoms with Crippen molar-refractivity contribution >= 4 is 34.9 Å². The first-order chi connectivity index (χ1) is 30.9. The number of hydrogen-bond donors (Lipinski definition) is 4. The van der Waals surface area contributed by atoms with Gasteiger partial charge in [0, 0.05) is 48.0 Å². The van der Waals surface area contributed by atoms with Crippen molar-refractivity contribution in [2.24, 2.45) is 11.8 Å². The predicted octanol–water partition coefficient (Wildman–Crippen LogP) is 8.19. The zero-order valence-corrected chi connectivity index (χ0v) is 37.5. The number of aromatic nitrogens is 5. The average Bonchev–Trinajstić information content (AvgIpc) is 4.15. The maximum Gasteiger partial charge on any atom is 0.407 e. The summed E-state index contributed by atoms with van der Waals surface area (Å²) in [4.78, 5) is 72.1. The number of nitrogens with one attached hydrogen (secondary N) is 4. The number of nitrogens with zero attached hydrogens (tertiary/aromatic N) is 5. The summed E-state index contributed by atoms with van der Waals surface area (Å²) in [6, 6.07) is 13.2. The lowest BCUT2D eigenvalue weighted by molar-refractivity contribution is -0.136. The molecule has 0 bridgehead atoms. The molecule has 338 valence electrons. The molecule has 9 rings (SSSR count). The van der Waals surface area contributed by atoms with Gasteiger partial charge < -0.3 is 49.2 Å². The lowest BCUT2D eigenvalue weighted by Gasteiger charge is -2.44. The standard InChI is InChI=1S/C48H59N9O7/c1-27(2)40(53-46(60)62-5)44(58)55-20-10-12-36(55)42-49-25-33(51-42)29-15-17-35-31(22-29)23-38-32-16-14-30(24-39(32)64-48(57(35)38)18-8-7-9-19-48)34-26-50-43(52-34)37-13-11-21-56(37)45(59)41(28(3)4)54-47(61)63-6/h14-17,22-28,36-37,40-41H,7-13,18-21H2,1-6H3,(H,49,51)(H,50,52)(H,53,60)(H,54,61). The third kappa shape index (κ3) is 7.74. The summed E-state index contributed by atoms with van der Waals surface area (Å²) in [6.07, 6.45) is 10.7. The number of amides is 4. The number of aromatic amines is 2. The van der Waals surface area contributed by atoms with Crippen molar-refractivity contribution in [3.05, 3.63) is 66.5 Å². The highest BCUT2D eigenvalue weighted by molar-refractivity contribution is 5.93. The summed E-state index contributed by atoms with van der Waals surface area (Å²) in [5.74, 6) is 1.74. The number of benzene rings is 2. The first kappa shape index (κ1) is 43.0. The summed E-state index contributed by atoms with van der Waals surface area (Å²) >= 11 is 0. The van der Waals surface area contributed by atoms with Gasteiger partial charge in [0.15, 0.2) is 5.72 Å². The third-order valence-electron chi connectivity index (χ3n) is 13.7. The van der Waals surface area contributed by atoms with E-state index in [0.717, 1.165) is 114 Å². The van der Waals surface area contributed by atoms with Gasteiger partial charge in [-0.3, -0.25) is 9.59 Å². The third-order valence-corrected chi connectivity index (χ3v) is 13.7. The van der Waals surface area contributed by atoms with Crippen LogP contribution in [0.3, 0.4) is 0 Å². The maximum atomic E-state index is 13.8. The van der Waals surface area contributed by atoms with E-state index in [4.69, 9.17) is 24.2 Å². The zero-order valence-electron chi connectivity index (χ0n) is 37.5. The molecule has 16 nitrogen and oxygen atoms in total. The molecule has 2 saturated heterocycles. The summed E-state index contributed by atoms with van der Waals surface area (Å²) in [5, 5.41) is 6.54. The maximum absolute atomic E-state index is 13.8. The molecule has 1 aliphatic carbocycles. The van der Waals surface area contributed by atoms with Crippen molar-refractivity contribution in [3.8, 4) is 39.5 Å². The Hall–Kier alpha value is -6.32. The molecule has 64 heavy (non-hydrogen) atoms. The molecule has 1 spiro atoms. The van der Waals surface area contributed by atoms with Gasteiger partial charge in [0.05, 0.1) is 61.3 Å².